The van der Waals surface area contributed by atoms with Crippen molar-refractivity contribution in [1.82, 2.24) is 9.80 Å². The van der Waals surface area contributed by atoms with Gasteiger partial charge in [-0.15, -0.1) is 37.8 Å². The maximum absolute atomic E-state index is 16.2. The van der Waals surface area contributed by atoms with E-state index in [0.29, 0.717) is 74.0 Å². The molecule has 3 aliphatic rings. The Bertz CT molecular complexity index is 2740. The number of terminal acetylenes is 2. The number of hydrogen-bond acceptors (Lipinski definition) is 12. The van der Waals surface area contributed by atoms with Crippen molar-refractivity contribution in [2.45, 2.75) is 237 Å². The molecule has 0 spiro atoms. The fourth-order valence-electron chi connectivity index (χ4n) is 11.5. The Balaban J connectivity index is 1.73. The molecule has 18 heteroatoms. The van der Waals surface area contributed by atoms with Crippen LogP contribution in [0.5, 0.6) is 23.0 Å². The largest absolute Gasteiger partial charge is 0.497 e. The van der Waals surface area contributed by atoms with Crippen LogP contribution in [0.4, 0.5) is 0 Å². The summed E-state index contributed by atoms with van der Waals surface area (Å²) in [6.45, 7) is 7.38. The monoisotopic (exact) mass is 1220 g/mol. The minimum Gasteiger partial charge on any atom is -0.497 e. The number of azide groups is 2. The van der Waals surface area contributed by atoms with Crippen molar-refractivity contribution < 1.29 is 47.6 Å². The summed E-state index contributed by atoms with van der Waals surface area (Å²) in [5, 5.41) is 7.54. The smallest absolute Gasteiger partial charge is 0.343 e. The zero-order chi connectivity index (χ0) is 63.9. The quantitative estimate of drug-likeness (QED) is 0.00764. The van der Waals surface area contributed by atoms with E-state index in [9.17, 15) is 20.7 Å². The Morgan fingerprint density at radius 1 is 0.551 bits per heavy atom. The Morgan fingerprint density at radius 2 is 0.910 bits per heavy atom. The minimum absolute atomic E-state index is 0.0550. The molecule has 0 aromatic heterocycles. The third kappa shape index (κ3) is 24.3. The maximum Gasteiger partial charge on any atom is 0.343 e. The van der Waals surface area contributed by atoms with Crippen LogP contribution >= 0.6 is 0 Å². The van der Waals surface area contributed by atoms with E-state index < -0.39 is 41.7 Å². The molecule has 2 atom stereocenters. The minimum atomic E-state index is -1.39. The van der Waals surface area contributed by atoms with Gasteiger partial charge >= 0.3 is 11.9 Å². The molecule has 0 radical (unpaired) electrons. The standard InChI is InChI=1S/C71H96N8O10/c1-7-11-15-19-23-25-29-33-37-45-78-53-55-39-41-59(84-5)49-63(55)86-69(82)61-47-58(52-75-77-73)62(48-57(61)51-74-76-72)70(83)87-64-50-60(85-6)42-40-56(64)54-79(46-38-34-30-26-24-20-16-12-8-2)68(81)66-65(67(78)80)88-71(89-66,43-35-31-27-21-17-13-9-3)44-36-32-28-22-18-14-10-4/h3-4,7-8,39-42,47-50,65-66H,1-2,11-38,43-46,51-54H2,5-6H3/t65-,66-/m1/s1. The van der Waals surface area contributed by atoms with Crippen LogP contribution in [0, 0.1) is 24.7 Å². The van der Waals surface area contributed by atoms with Gasteiger partial charge < -0.3 is 38.2 Å². The van der Waals surface area contributed by atoms with Gasteiger partial charge in [-0.1, -0.05) is 125 Å². The van der Waals surface area contributed by atoms with Gasteiger partial charge in [0.05, 0.1) is 38.4 Å². The van der Waals surface area contributed by atoms with Gasteiger partial charge in [-0.25, -0.2) is 9.59 Å². The average molecular weight is 1220 g/mol. The lowest BCUT2D eigenvalue weighted by molar-refractivity contribution is -0.193. The SMILES string of the molecule is C#CCCCCCCCC1(CCCCCCCC#C)O[C@H]2C(=O)N(CCCCCCCCCC=C)Cc3ccc(OC)cc3OC(=O)c3cc(CN=[N+]=[N-])c(cc3CN=[N+]=[N-])C(=O)Oc3cc(OC)ccc3CN(CCCCCCCCCC=C)C(=O)[C@@H]2O1. The zero-order valence-electron chi connectivity index (χ0n) is 53.1. The highest BCUT2D eigenvalue weighted by atomic mass is 16.8. The Morgan fingerprint density at radius 3 is 1.27 bits per heavy atom. The van der Waals surface area contributed by atoms with Gasteiger partial charge in [0.25, 0.3) is 11.8 Å². The number of rotatable bonds is 40. The van der Waals surface area contributed by atoms with Crippen molar-refractivity contribution in [3.8, 4) is 47.7 Å². The molecule has 0 N–H and O–H groups in total. The van der Waals surface area contributed by atoms with E-state index in [-0.39, 0.29) is 73.0 Å². The second kappa shape index (κ2) is 41.5. The molecular formula is C71H96N8O10. The number of unbranched alkanes of at least 4 members (excludes halogenated alkanes) is 24. The second-order valence-electron chi connectivity index (χ2n) is 23.2. The predicted octanol–water partition coefficient (Wildman–Crippen LogP) is 17.3. The number of nitrogens with zero attached hydrogens (tertiary/aromatic N) is 8. The number of amides is 2. The van der Waals surface area contributed by atoms with E-state index in [1.807, 2.05) is 12.2 Å². The Labute approximate surface area is 529 Å². The van der Waals surface area contributed by atoms with Crippen molar-refractivity contribution in [2.24, 2.45) is 10.2 Å². The van der Waals surface area contributed by atoms with E-state index in [2.05, 4.69) is 45.1 Å². The predicted molar refractivity (Wildman–Crippen MR) is 348 cm³/mol. The van der Waals surface area contributed by atoms with Crippen molar-refractivity contribution in [2.75, 3.05) is 27.3 Å². The third-order valence-electron chi connectivity index (χ3n) is 16.6. The molecule has 2 amide bonds. The summed E-state index contributed by atoms with van der Waals surface area (Å²) in [5.74, 6) is 2.27. The molecule has 0 aliphatic carbocycles. The van der Waals surface area contributed by atoms with Gasteiger partial charge in [0.1, 0.15) is 23.0 Å². The molecule has 1 fully saturated rings. The average Bonchev–Trinajstić information content (AvgIpc) is 1.81. The fourth-order valence-corrected chi connectivity index (χ4v) is 11.5. The van der Waals surface area contributed by atoms with Crippen molar-refractivity contribution >= 4 is 23.8 Å². The lowest BCUT2D eigenvalue weighted by Crippen LogP contribution is -2.50. The summed E-state index contributed by atoms with van der Waals surface area (Å²) in [5.41, 5.74) is 20.0. The molecule has 3 aromatic rings. The summed E-state index contributed by atoms with van der Waals surface area (Å²) in [6, 6.07) is 12.7. The van der Waals surface area contributed by atoms with Crippen molar-refractivity contribution in [3.63, 3.8) is 0 Å². The molecule has 1 saturated heterocycles. The maximum atomic E-state index is 16.2. The number of benzene rings is 3. The lowest BCUT2D eigenvalue weighted by atomic mass is 9.97. The zero-order valence-corrected chi connectivity index (χ0v) is 53.1. The molecule has 480 valence electrons. The molecule has 18 nitrogen and oxygen atoms in total. The van der Waals surface area contributed by atoms with Gasteiger partial charge in [0, 0.05) is 84.9 Å². The second-order valence-corrected chi connectivity index (χ2v) is 23.2. The van der Waals surface area contributed by atoms with Gasteiger partial charge in [0.2, 0.25) is 0 Å². The van der Waals surface area contributed by atoms with Crippen LogP contribution in [-0.4, -0.2) is 78.9 Å². The normalized spacial score (nSPS) is 15.7. The Hall–Kier alpha value is -7.72. The van der Waals surface area contributed by atoms with E-state index in [1.165, 1.54) is 26.4 Å². The summed E-state index contributed by atoms with van der Waals surface area (Å²) in [4.78, 5) is 71.2. The van der Waals surface area contributed by atoms with Crippen molar-refractivity contribution in [3.05, 3.63) is 128 Å². The number of carbonyl (C=O) groups is 4. The van der Waals surface area contributed by atoms with Crippen LogP contribution in [0.1, 0.15) is 236 Å². The number of ether oxygens (including phenoxy) is 6. The number of methoxy groups -OCH3 is 2. The van der Waals surface area contributed by atoms with Gasteiger partial charge in [-0.05, 0) is 123 Å². The molecular weight excluding hydrogens is 1120 g/mol. The summed E-state index contributed by atoms with van der Waals surface area (Å²) in [7, 11) is 2.96. The van der Waals surface area contributed by atoms with E-state index in [1.54, 1.807) is 46.2 Å². The first-order chi connectivity index (χ1) is 43.5. The van der Waals surface area contributed by atoms with Crippen LogP contribution in [0.15, 0.2) is 84.1 Å². The fraction of sp³-hybridized carbons (Fsp3) is 0.577. The van der Waals surface area contributed by atoms with Crippen LogP contribution < -0.4 is 18.9 Å². The highest BCUT2D eigenvalue weighted by molar-refractivity contribution is 5.98. The molecule has 6 rings (SSSR count). The molecule has 0 saturated carbocycles. The molecule has 3 aromatic carbocycles. The first-order valence-corrected chi connectivity index (χ1v) is 32.5. The number of fused-ring (bicyclic) bond motifs is 8. The lowest BCUT2D eigenvalue weighted by Gasteiger charge is -2.30. The Kier molecular flexibility index (Phi) is 33.6. The van der Waals surface area contributed by atoms with E-state index >= 15 is 9.59 Å². The molecule has 2 bridgehead atoms. The number of carbonyl (C=O) groups excluding carboxylic acids is 4. The summed E-state index contributed by atoms with van der Waals surface area (Å²) in [6.07, 6.45) is 38.8. The van der Waals surface area contributed by atoms with Crippen LogP contribution in [-0.2, 0) is 45.2 Å². The van der Waals surface area contributed by atoms with Crippen LogP contribution in [0.3, 0.4) is 0 Å². The first-order valence-electron chi connectivity index (χ1n) is 32.5. The van der Waals surface area contributed by atoms with Crippen LogP contribution in [0.2, 0.25) is 0 Å². The van der Waals surface area contributed by atoms with Gasteiger partial charge in [-0.2, -0.15) is 0 Å². The molecule has 3 heterocycles. The topological polar surface area (TPSA) is 228 Å². The van der Waals surface area contributed by atoms with Crippen molar-refractivity contribution in [1.29, 1.82) is 0 Å². The number of hydrogen-bond donors (Lipinski definition) is 0. The summed E-state index contributed by atoms with van der Waals surface area (Å²) >= 11 is 0. The van der Waals surface area contributed by atoms with Crippen LogP contribution in [0.25, 0.3) is 20.9 Å². The van der Waals surface area contributed by atoms with E-state index in [0.717, 1.165) is 141 Å². The third-order valence-corrected chi connectivity index (χ3v) is 16.6. The van der Waals surface area contributed by atoms with E-state index in [4.69, 9.17) is 41.3 Å². The first kappa shape index (κ1) is 72.0. The molecule has 3 aliphatic heterocycles. The molecule has 0 unspecified atom stereocenters. The summed E-state index contributed by atoms with van der Waals surface area (Å²) < 4.78 is 38.4. The number of esters is 2. The van der Waals surface area contributed by atoms with Gasteiger partial charge in [-0.3, -0.25) is 9.59 Å². The number of allylic oxidation sites excluding steroid dienone is 2. The highest BCUT2D eigenvalue weighted by Crippen LogP contribution is 2.41. The van der Waals surface area contributed by atoms with Gasteiger partial charge in [0.15, 0.2) is 18.0 Å². The molecule has 89 heavy (non-hydrogen) atoms. The highest BCUT2D eigenvalue weighted by Gasteiger charge is 2.54.